The van der Waals surface area contributed by atoms with Gasteiger partial charge in [-0.05, 0) is 71.2 Å². The average Bonchev–Trinajstić information content (AvgIpc) is 2.61. The summed E-state index contributed by atoms with van der Waals surface area (Å²) in [7, 11) is -3.71. The van der Waals surface area contributed by atoms with E-state index >= 15 is 0 Å². The van der Waals surface area contributed by atoms with Crippen molar-refractivity contribution in [3.63, 3.8) is 0 Å². The lowest BCUT2D eigenvalue weighted by molar-refractivity contribution is 0.0730. The summed E-state index contributed by atoms with van der Waals surface area (Å²) in [6.07, 6.45) is 0. The molecule has 3 rings (SSSR count). The molecule has 1 N–H and O–H groups in total. The van der Waals surface area contributed by atoms with Crippen LogP contribution in [-0.4, -0.2) is 44.9 Å². The first-order valence-corrected chi connectivity index (χ1v) is 10.8. The Morgan fingerprint density at radius 2 is 1.70 bits per heavy atom. The maximum Gasteiger partial charge on any atom is 0.255 e. The molecule has 0 saturated carbocycles. The lowest BCUT2D eigenvalue weighted by Crippen LogP contribution is -2.40. The Hall–Kier alpha value is -1.74. The van der Waals surface area contributed by atoms with Crippen LogP contribution in [0.1, 0.15) is 21.5 Å². The molecule has 1 saturated heterocycles. The summed E-state index contributed by atoms with van der Waals surface area (Å²) in [5.41, 5.74) is 3.04. The number of morpholine rings is 1. The largest absolute Gasteiger partial charge is 0.379 e. The minimum Gasteiger partial charge on any atom is -0.379 e. The van der Waals surface area contributed by atoms with Gasteiger partial charge in [-0.25, -0.2) is 8.42 Å². The normalized spacial score (nSPS) is 15.5. The number of aryl methyl sites for hydroxylation is 2. The highest BCUT2D eigenvalue weighted by Gasteiger charge is 2.29. The number of carbonyl (C=O) groups excluding carboxylic acids is 1. The highest BCUT2D eigenvalue weighted by Crippen LogP contribution is 2.27. The van der Waals surface area contributed by atoms with Crippen LogP contribution in [0.15, 0.2) is 45.8 Å². The molecular weight excluding hydrogens is 432 g/mol. The molecule has 1 aliphatic rings. The second kappa shape index (κ2) is 8.10. The number of rotatable bonds is 4. The van der Waals surface area contributed by atoms with E-state index in [1.54, 1.807) is 12.1 Å². The maximum absolute atomic E-state index is 12.9. The van der Waals surface area contributed by atoms with Crippen LogP contribution in [0.4, 0.5) is 5.69 Å². The Labute approximate surface area is 167 Å². The second-order valence-electron chi connectivity index (χ2n) is 6.49. The SMILES string of the molecule is Cc1cc(C)cc(NC(=O)c2ccc(Br)c(S(=O)(=O)N3CCOCC3)c2)c1. The van der Waals surface area contributed by atoms with Crippen LogP contribution in [0.25, 0.3) is 0 Å². The Balaban J connectivity index is 1.89. The van der Waals surface area contributed by atoms with E-state index in [9.17, 15) is 13.2 Å². The number of anilines is 1. The van der Waals surface area contributed by atoms with Crippen molar-refractivity contribution in [1.82, 2.24) is 4.31 Å². The third-order valence-electron chi connectivity index (χ3n) is 4.26. The molecule has 6 nitrogen and oxygen atoms in total. The van der Waals surface area contributed by atoms with Crippen LogP contribution in [0.2, 0.25) is 0 Å². The molecule has 0 bridgehead atoms. The van der Waals surface area contributed by atoms with E-state index < -0.39 is 10.0 Å². The number of carbonyl (C=O) groups is 1. The van der Waals surface area contributed by atoms with Gasteiger partial charge in [-0.3, -0.25) is 4.79 Å². The quantitative estimate of drug-likeness (QED) is 0.771. The van der Waals surface area contributed by atoms with E-state index in [4.69, 9.17) is 4.74 Å². The summed E-state index contributed by atoms with van der Waals surface area (Å²) in [5, 5.41) is 2.83. The molecule has 1 heterocycles. The number of nitrogens with zero attached hydrogens (tertiary/aromatic N) is 1. The van der Waals surface area contributed by atoms with E-state index in [0.717, 1.165) is 11.1 Å². The number of benzene rings is 2. The first-order chi connectivity index (χ1) is 12.8. The van der Waals surface area contributed by atoms with Gasteiger partial charge in [0.1, 0.15) is 0 Å². The van der Waals surface area contributed by atoms with E-state index in [1.165, 1.54) is 10.4 Å². The van der Waals surface area contributed by atoms with Crippen molar-refractivity contribution in [2.75, 3.05) is 31.6 Å². The first kappa shape index (κ1) is 20.0. The van der Waals surface area contributed by atoms with Gasteiger partial charge in [0.05, 0.1) is 18.1 Å². The van der Waals surface area contributed by atoms with Crippen molar-refractivity contribution in [2.45, 2.75) is 18.7 Å². The van der Waals surface area contributed by atoms with Gasteiger partial charge in [0, 0.05) is 28.8 Å². The summed E-state index contributed by atoms with van der Waals surface area (Å²) < 4.78 is 32.9. The lowest BCUT2D eigenvalue weighted by atomic mass is 10.1. The number of ether oxygens (including phenoxy) is 1. The molecule has 144 valence electrons. The molecule has 2 aromatic rings. The van der Waals surface area contributed by atoms with Crippen molar-refractivity contribution >= 4 is 37.5 Å². The van der Waals surface area contributed by atoms with Gasteiger partial charge < -0.3 is 10.1 Å². The molecule has 0 spiro atoms. The van der Waals surface area contributed by atoms with Crippen molar-refractivity contribution < 1.29 is 17.9 Å². The molecule has 0 atom stereocenters. The third kappa shape index (κ3) is 4.57. The summed E-state index contributed by atoms with van der Waals surface area (Å²) in [6.45, 7) is 5.24. The van der Waals surface area contributed by atoms with Gasteiger partial charge in [0.25, 0.3) is 5.91 Å². The van der Waals surface area contributed by atoms with Crippen LogP contribution in [0.5, 0.6) is 0 Å². The number of hydrogen-bond acceptors (Lipinski definition) is 4. The molecule has 1 aliphatic heterocycles. The lowest BCUT2D eigenvalue weighted by Gasteiger charge is -2.26. The van der Waals surface area contributed by atoms with Crippen molar-refractivity contribution in [3.8, 4) is 0 Å². The molecule has 1 amide bonds. The van der Waals surface area contributed by atoms with Gasteiger partial charge in [0.15, 0.2) is 0 Å². The minimum atomic E-state index is -3.71. The highest BCUT2D eigenvalue weighted by molar-refractivity contribution is 9.10. The zero-order valence-corrected chi connectivity index (χ0v) is 17.6. The van der Waals surface area contributed by atoms with Crippen LogP contribution in [-0.2, 0) is 14.8 Å². The van der Waals surface area contributed by atoms with E-state index in [0.29, 0.717) is 36.5 Å². The summed E-state index contributed by atoms with van der Waals surface area (Å²) >= 11 is 3.30. The fourth-order valence-corrected chi connectivity index (χ4v) is 5.38. The summed E-state index contributed by atoms with van der Waals surface area (Å²) in [4.78, 5) is 12.7. The first-order valence-electron chi connectivity index (χ1n) is 8.54. The Kier molecular flexibility index (Phi) is 6.00. The van der Waals surface area contributed by atoms with Crippen LogP contribution >= 0.6 is 15.9 Å². The van der Waals surface area contributed by atoms with Crippen molar-refractivity contribution in [1.29, 1.82) is 0 Å². The van der Waals surface area contributed by atoms with E-state index in [1.807, 2.05) is 32.0 Å². The molecular formula is C19H21BrN2O4S. The Morgan fingerprint density at radius 1 is 1.07 bits per heavy atom. The van der Waals surface area contributed by atoms with Gasteiger partial charge in [-0.15, -0.1) is 0 Å². The smallest absolute Gasteiger partial charge is 0.255 e. The van der Waals surface area contributed by atoms with Crippen molar-refractivity contribution in [3.05, 3.63) is 57.6 Å². The number of hydrogen-bond donors (Lipinski definition) is 1. The standard InChI is InChI=1S/C19H21BrN2O4S/c1-13-9-14(2)11-16(10-13)21-19(23)15-3-4-17(20)18(12-15)27(24,25)22-5-7-26-8-6-22/h3-4,9-12H,5-8H2,1-2H3,(H,21,23). The van der Waals surface area contributed by atoms with Gasteiger partial charge >= 0.3 is 0 Å². The minimum absolute atomic E-state index is 0.0810. The Morgan fingerprint density at radius 3 is 2.33 bits per heavy atom. The third-order valence-corrected chi connectivity index (χ3v) is 7.15. The van der Waals surface area contributed by atoms with Crippen molar-refractivity contribution in [2.24, 2.45) is 0 Å². The molecule has 27 heavy (non-hydrogen) atoms. The molecule has 8 heteroatoms. The zero-order chi connectivity index (χ0) is 19.6. The predicted octanol–water partition coefficient (Wildman–Crippen LogP) is 3.34. The van der Waals surface area contributed by atoms with Crippen LogP contribution in [0.3, 0.4) is 0 Å². The molecule has 0 aliphatic carbocycles. The maximum atomic E-state index is 12.9. The highest BCUT2D eigenvalue weighted by atomic mass is 79.9. The van der Waals surface area contributed by atoms with Crippen LogP contribution < -0.4 is 5.32 Å². The van der Waals surface area contributed by atoms with E-state index in [2.05, 4.69) is 21.2 Å². The molecule has 1 fully saturated rings. The summed E-state index contributed by atoms with van der Waals surface area (Å²) in [5.74, 6) is -0.356. The van der Waals surface area contributed by atoms with E-state index in [-0.39, 0.29) is 16.4 Å². The fraction of sp³-hybridized carbons (Fsp3) is 0.316. The number of nitrogens with one attached hydrogen (secondary N) is 1. The topological polar surface area (TPSA) is 75.7 Å². The molecule has 0 unspecified atom stereocenters. The number of sulfonamides is 1. The average molecular weight is 453 g/mol. The fourth-order valence-electron chi connectivity index (χ4n) is 3.02. The van der Waals surface area contributed by atoms with Gasteiger partial charge in [0.2, 0.25) is 10.0 Å². The second-order valence-corrected chi connectivity index (χ2v) is 9.25. The number of amides is 1. The predicted molar refractivity (Wildman–Crippen MR) is 108 cm³/mol. The van der Waals surface area contributed by atoms with Gasteiger partial charge in [-0.1, -0.05) is 6.07 Å². The summed E-state index contributed by atoms with van der Waals surface area (Å²) in [6, 6.07) is 10.4. The van der Waals surface area contributed by atoms with Gasteiger partial charge in [-0.2, -0.15) is 4.31 Å². The molecule has 0 aromatic heterocycles. The molecule has 2 aromatic carbocycles. The zero-order valence-electron chi connectivity index (χ0n) is 15.2. The Bertz CT molecular complexity index is 949. The monoisotopic (exact) mass is 452 g/mol. The molecule has 0 radical (unpaired) electrons. The van der Waals surface area contributed by atoms with Crippen LogP contribution in [0, 0.1) is 13.8 Å². The number of halogens is 1.